The van der Waals surface area contributed by atoms with Crippen molar-refractivity contribution in [2.45, 2.75) is 0 Å². The van der Waals surface area contributed by atoms with E-state index in [2.05, 4.69) is 4.74 Å². The summed E-state index contributed by atoms with van der Waals surface area (Å²) in [6, 6.07) is 4.05. The molecule has 0 aliphatic rings. The number of halogens is 2. The molecule has 0 atom stereocenters. The van der Waals surface area contributed by atoms with Gasteiger partial charge in [0.2, 0.25) is 0 Å². The minimum atomic E-state index is -1.10. The van der Waals surface area contributed by atoms with Gasteiger partial charge >= 0.3 is 11.9 Å². The first-order chi connectivity index (χ1) is 7.06. The Morgan fingerprint density at radius 2 is 2.13 bits per heavy atom. The van der Waals surface area contributed by atoms with Crippen molar-refractivity contribution < 1.29 is 18.7 Å². The smallest absolute Gasteiger partial charge is 0.396 e. The predicted molar refractivity (Wildman–Crippen MR) is 52.1 cm³/mol. The number of hydrogen-bond acceptors (Lipinski definition) is 3. The average Bonchev–Trinajstić information content (AvgIpc) is 2.23. The van der Waals surface area contributed by atoms with Crippen molar-refractivity contribution in [1.29, 1.82) is 0 Å². The first-order valence-corrected chi connectivity index (χ1v) is 4.27. The van der Waals surface area contributed by atoms with Gasteiger partial charge in [-0.15, -0.1) is 0 Å². The minimum Gasteiger partial charge on any atom is -0.462 e. The van der Waals surface area contributed by atoms with Crippen molar-refractivity contribution in [3.63, 3.8) is 0 Å². The van der Waals surface area contributed by atoms with Gasteiger partial charge < -0.3 is 10.1 Å². The summed E-state index contributed by atoms with van der Waals surface area (Å²) >= 11 is 5.47. The second-order valence-electron chi connectivity index (χ2n) is 2.55. The molecule has 0 aromatic heterocycles. The van der Waals surface area contributed by atoms with E-state index in [1.807, 2.05) is 5.32 Å². The fraction of sp³-hybridized carbons (Fsp3) is 0.111. The van der Waals surface area contributed by atoms with Gasteiger partial charge in [0.1, 0.15) is 0 Å². The number of amides is 1. The van der Waals surface area contributed by atoms with E-state index in [0.29, 0.717) is 0 Å². The molecule has 1 aromatic carbocycles. The molecule has 0 heterocycles. The maximum Gasteiger partial charge on any atom is 0.396 e. The molecule has 0 fully saturated rings. The Balaban J connectivity index is 2.86. The van der Waals surface area contributed by atoms with E-state index >= 15 is 0 Å². The number of hydrogen-bond donors (Lipinski definition) is 1. The van der Waals surface area contributed by atoms with Crippen LogP contribution >= 0.6 is 11.6 Å². The average molecular weight is 232 g/mol. The van der Waals surface area contributed by atoms with Gasteiger partial charge in [-0.25, -0.2) is 9.18 Å². The van der Waals surface area contributed by atoms with Crippen molar-refractivity contribution in [3.8, 4) is 0 Å². The number of carbonyl (C=O) groups excluding carboxylic acids is 2. The molecule has 0 aliphatic heterocycles. The molecule has 0 saturated heterocycles. The molecule has 0 bridgehead atoms. The summed E-state index contributed by atoms with van der Waals surface area (Å²) in [7, 11) is 1.05. The minimum absolute atomic E-state index is 0.141. The molecule has 1 aromatic rings. The number of methoxy groups -OCH3 is 1. The van der Waals surface area contributed by atoms with Gasteiger partial charge in [-0.05, 0) is 12.1 Å². The van der Waals surface area contributed by atoms with E-state index in [9.17, 15) is 14.0 Å². The highest BCUT2D eigenvalue weighted by molar-refractivity contribution is 6.37. The van der Waals surface area contributed by atoms with Crippen LogP contribution in [0.15, 0.2) is 18.2 Å². The SMILES string of the molecule is COC(=O)C(=O)Nc1cccc(Cl)c1F. The Labute approximate surface area is 90.0 Å². The van der Waals surface area contributed by atoms with Crippen molar-refractivity contribution >= 4 is 29.2 Å². The summed E-state index contributed by atoms with van der Waals surface area (Å²) in [5, 5.41) is 1.89. The molecule has 15 heavy (non-hydrogen) atoms. The molecule has 4 nitrogen and oxygen atoms in total. The van der Waals surface area contributed by atoms with Crippen LogP contribution in [0.25, 0.3) is 0 Å². The van der Waals surface area contributed by atoms with Crippen LogP contribution in [0.1, 0.15) is 0 Å². The quantitative estimate of drug-likeness (QED) is 0.590. The van der Waals surface area contributed by atoms with Gasteiger partial charge in [0.15, 0.2) is 5.82 Å². The zero-order valence-corrected chi connectivity index (χ0v) is 8.47. The van der Waals surface area contributed by atoms with E-state index in [1.54, 1.807) is 0 Å². The van der Waals surface area contributed by atoms with Gasteiger partial charge in [-0.1, -0.05) is 17.7 Å². The highest BCUT2D eigenvalue weighted by atomic mass is 35.5. The molecule has 0 spiro atoms. The molecule has 0 saturated carbocycles. The second kappa shape index (κ2) is 4.75. The van der Waals surface area contributed by atoms with E-state index in [4.69, 9.17) is 11.6 Å². The summed E-state index contributed by atoms with van der Waals surface area (Å²) < 4.78 is 17.4. The zero-order chi connectivity index (χ0) is 11.4. The monoisotopic (exact) mass is 231 g/mol. The Hall–Kier alpha value is -1.62. The van der Waals surface area contributed by atoms with Crippen LogP contribution in [0.3, 0.4) is 0 Å². The molecule has 1 amide bonds. The first-order valence-electron chi connectivity index (χ1n) is 3.89. The zero-order valence-electron chi connectivity index (χ0n) is 7.71. The van der Waals surface area contributed by atoms with E-state index in [1.165, 1.54) is 18.2 Å². The highest BCUT2D eigenvalue weighted by Crippen LogP contribution is 2.21. The summed E-state index contributed by atoms with van der Waals surface area (Å²) in [5.74, 6) is -2.95. The van der Waals surface area contributed by atoms with Crippen molar-refractivity contribution in [2.75, 3.05) is 12.4 Å². The van der Waals surface area contributed by atoms with Crippen LogP contribution in [-0.2, 0) is 14.3 Å². The van der Waals surface area contributed by atoms with E-state index < -0.39 is 17.7 Å². The molecule has 1 N–H and O–H groups in total. The third-order valence-corrected chi connectivity index (χ3v) is 1.86. The van der Waals surface area contributed by atoms with Gasteiger partial charge in [-0.2, -0.15) is 0 Å². The fourth-order valence-corrected chi connectivity index (χ4v) is 1.04. The van der Waals surface area contributed by atoms with Crippen molar-refractivity contribution in [3.05, 3.63) is 29.0 Å². The number of anilines is 1. The number of carbonyl (C=O) groups is 2. The molecular formula is C9H7ClFNO3. The largest absolute Gasteiger partial charge is 0.462 e. The number of nitrogens with one attached hydrogen (secondary N) is 1. The van der Waals surface area contributed by atoms with Gasteiger partial charge in [0, 0.05) is 0 Å². The van der Waals surface area contributed by atoms with Gasteiger partial charge in [0.25, 0.3) is 0 Å². The normalized spacial score (nSPS) is 9.53. The molecule has 80 valence electrons. The second-order valence-corrected chi connectivity index (χ2v) is 2.95. The van der Waals surface area contributed by atoms with E-state index in [0.717, 1.165) is 7.11 Å². The molecule has 1 rings (SSSR count). The van der Waals surface area contributed by atoms with Gasteiger partial charge in [0.05, 0.1) is 17.8 Å². The predicted octanol–water partition coefficient (Wildman–Crippen LogP) is 1.59. The summed E-state index contributed by atoms with van der Waals surface area (Å²) in [6.45, 7) is 0. The van der Waals surface area contributed by atoms with Crippen molar-refractivity contribution in [2.24, 2.45) is 0 Å². The Bertz CT molecular complexity index is 408. The summed E-state index contributed by atoms with van der Waals surface area (Å²) in [4.78, 5) is 21.7. The molecule has 0 aliphatic carbocycles. The van der Waals surface area contributed by atoms with Crippen LogP contribution in [0.5, 0.6) is 0 Å². The number of benzene rings is 1. The molecule has 0 radical (unpaired) electrons. The topological polar surface area (TPSA) is 55.4 Å². The van der Waals surface area contributed by atoms with Crippen molar-refractivity contribution in [1.82, 2.24) is 0 Å². The number of esters is 1. The third-order valence-electron chi connectivity index (χ3n) is 1.57. The van der Waals surface area contributed by atoms with Crippen LogP contribution in [0.4, 0.5) is 10.1 Å². The first kappa shape index (κ1) is 11.5. The highest BCUT2D eigenvalue weighted by Gasteiger charge is 2.16. The number of rotatable bonds is 1. The Kier molecular flexibility index (Phi) is 3.62. The number of ether oxygens (including phenoxy) is 1. The lowest BCUT2D eigenvalue weighted by atomic mass is 10.3. The third kappa shape index (κ3) is 2.66. The summed E-state index contributed by atoms with van der Waals surface area (Å²) in [6.07, 6.45) is 0. The summed E-state index contributed by atoms with van der Waals surface area (Å²) in [5.41, 5.74) is -0.169. The Morgan fingerprint density at radius 1 is 1.47 bits per heavy atom. The maximum absolute atomic E-state index is 13.2. The van der Waals surface area contributed by atoms with E-state index in [-0.39, 0.29) is 10.7 Å². The Morgan fingerprint density at radius 3 is 2.73 bits per heavy atom. The lowest BCUT2D eigenvalue weighted by molar-refractivity contribution is -0.150. The molecule has 0 unspecified atom stereocenters. The van der Waals surface area contributed by atoms with Crippen LogP contribution in [-0.4, -0.2) is 19.0 Å². The fourth-order valence-electron chi connectivity index (χ4n) is 0.866. The molecule has 6 heteroatoms. The van der Waals surface area contributed by atoms with Crippen LogP contribution < -0.4 is 5.32 Å². The standard InChI is InChI=1S/C9H7ClFNO3/c1-15-9(14)8(13)12-6-4-2-3-5(10)7(6)11/h2-4H,1H3,(H,12,13). The van der Waals surface area contributed by atoms with Gasteiger partial charge in [-0.3, -0.25) is 4.79 Å². The molecular weight excluding hydrogens is 225 g/mol. The lowest BCUT2D eigenvalue weighted by Gasteiger charge is -2.05. The maximum atomic E-state index is 13.2. The van der Waals surface area contributed by atoms with Crippen LogP contribution in [0, 0.1) is 5.82 Å². The lowest BCUT2D eigenvalue weighted by Crippen LogP contribution is -2.24. The van der Waals surface area contributed by atoms with Crippen LogP contribution in [0.2, 0.25) is 5.02 Å².